The highest BCUT2D eigenvalue weighted by Crippen LogP contribution is 2.29. The van der Waals surface area contributed by atoms with Crippen LogP contribution in [0.3, 0.4) is 0 Å². The maximum Gasteiger partial charge on any atom is 0.410 e. The summed E-state index contributed by atoms with van der Waals surface area (Å²) in [5.41, 5.74) is 0.976. The molecule has 0 aliphatic heterocycles. The fourth-order valence-corrected chi connectivity index (χ4v) is 4.20. The third-order valence-electron chi connectivity index (χ3n) is 3.43. The van der Waals surface area contributed by atoms with Crippen LogP contribution in [0.25, 0.3) is 0 Å². The van der Waals surface area contributed by atoms with E-state index in [0.29, 0.717) is 0 Å². The van der Waals surface area contributed by atoms with E-state index in [1.807, 2.05) is 58.0 Å². The van der Waals surface area contributed by atoms with Crippen LogP contribution >= 0.6 is 0 Å². The van der Waals surface area contributed by atoms with Crippen molar-refractivity contribution in [2.24, 2.45) is 0 Å². The Balaban J connectivity index is 3.00. The third-order valence-corrected chi connectivity index (χ3v) is 5.46. The second-order valence-corrected chi connectivity index (χ2v) is 12.4. The zero-order valence-electron chi connectivity index (χ0n) is 14.4. The molecule has 1 unspecified atom stereocenters. The Kier molecular flexibility index (Phi) is 6.02. The fraction of sp³-hybridized carbons (Fsp3) is 0.588. The topological polar surface area (TPSA) is 29.5 Å². The number of hydrogen-bond donors (Lipinski definition) is 0. The molecule has 0 spiro atoms. The first-order valence-electron chi connectivity index (χ1n) is 7.68. The van der Waals surface area contributed by atoms with Crippen LogP contribution in [-0.2, 0) is 4.74 Å². The molecule has 0 saturated carbocycles. The highest BCUT2D eigenvalue weighted by atomic mass is 28.3. The number of rotatable bonds is 5. The lowest BCUT2D eigenvalue weighted by molar-refractivity contribution is 0.0659. The van der Waals surface area contributed by atoms with Crippen LogP contribution in [0, 0.1) is 0 Å². The van der Waals surface area contributed by atoms with Gasteiger partial charge in [0.1, 0.15) is 5.73 Å². The van der Waals surface area contributed by atoms with Crippen LogP contribution in [0.1, 0.15) is 39.0 Å². The molecule has 0 aliphatic carbocycles. The van der Waals surface area contributed by atoms with Crippen LogP contribution in [0.2, 0.25) is 19.6 Å². The number of benzene rings is 1. The van der Waals surface area contributed by atoms with E-state index in [1.54, 1.807) is 4.90 Å². The first kappa shape index (κ1) is 17.8. The van der Waals surface area contributed by atoms with Crippen molar-refractivity contribution < 1.29 is 9.53 Å². The van der Waals surface area contributed by atoms with Crippen molar-refractivity contribution in [2.45, 2.75) is 65.1 Å². The van der Waals surface area contributed by atoms with Crippen molar-refractivity contribution in [1.29, 1.82) is 0 Å². The van der Waals surface area contributed by atoms with Gasteiger partial charge in [0, 0.05) is 12.1 Å². The first-order chi connectivity index (χ1) is 9.64. The lowest BCUT2D eigenvalue weighted by atomic mass is 10.2. The number of carbonyl (C=O) groups excluding carboxylic acids is 1. The van der Waals surface area contributed by atoms with Gasteiger partial charge in [-0.15, -0.1) is 0 Å². The van der Waals surface area contributed by atoms with Crippen molar-refractivity contribution in [3.05, 3.63) is 35.9 Å². The van der Waals surface area contributed by atoms with Gasteiger partial charge in [-0.2, -0.15) is 0 Å². The molecule has 1 aromatic carbocycles. The SMILES string of the molecule is CC(C)N(C(=O)OC(c1ccccc1)[Si](C)(C)C)C(C)C. The summed E-state index contributed by atoms with van der Waals surface area (Å²) in [6, 6.07) is 10.3. The molecule has 0 aromatic heterocycles. The Labute approximate surface area is 130 Å². The van der Waals surface area contributed by atoms with E-state index in [1.165, 1.54) is 0 Å². The molecular weight excluding hydrogens is 278 g/mol. The molecule has 21 heavy (non-hydrogen) atoms. The molecule has 1 atom stereocenters. The molecule has 0 radical (unpaired) electrons. The zero-order valence-corrected chi connectivity index (χ0v) is 15.4. The van der Waals surface area contributed by atoms with Crippen LogP contribution in [-0.4, -0.2) is 31.2 Å². The Morgan fingerprint density at radius 2 is 1.48 bits per heavy atom. The Morgan fingerprint density at radius 3 is 1.86 bits per heavy atom. The van der Waals surface area contributed by atoms with E-state index in [9.17, 15) is 4.79 Å². The van der Waals surface area contributed by atoms with Gasteiger partial charge in [0.2, 0.25) is 0 Å². The summed E-state index contributed by atoms with van der Waals surface area (Å²) in [5, 5.41) is 0. The first-order valence-corrected chi connectivity index (χ1v) is 11.3. The predicted octanol–water partition coefficient (Wildman–Crippen LogP) is 4.86. The van der Waals surface area contributed by atoms with Crippen molar-refractivity contribution in [1.82, 2.24) is 4.90 Å². The van der Waals surface area contributed by atoms with Crippen molar-refractivity contribution in [3.63, 3.8) is 0 Å². The van der Waals surface area contributed by atoms with Crippen LogP contribution in [0.4, 0.5) is 4.79 Å². The highest BCUT2D eigenvalue weighted by molar-refractivity contribution is 6.77. The van der Waals surface area contributed by atoms with E-state index in [2.05, 4.69) is 19.6 Å². The summed E-state index contributed by atoms with van der Waals surface area (Å²) in [6.45, 7) is 14.8. The molecule has 0 bridgehead atoms. The normalized spacial score (nSPS) is 13.4. The number of carbonyl (C=O) groups is 1. The van der Waals surface area contributed by atoms with Crippen LogP contribution in [0.15, 0.2) is 30.3 Å². The van der Waals surface area contributed by atoms with Gasteiger partial charge in [0.25, 0.3) is 0 Å². The van der Waals surface area contributed by atoms with Crippen LogP contribution in [0.5, 0.6) is 0 Å². The molecule has 0 fully saturated rings. The maximum atomic E-state index is 12.6. The Morgan fingerprint density at radius 1 is 1.00 bits per heavy atom. The molecule has 118 valence electrons. The summed E-state index contributed by atoms with van der Waals surface area (Å²) < 4.78 is 5.93. The van der Waals surface area contributed by atoms with Crippen LogP contribution < -0.4 is 0 Å². The van der Waals surface area contributed by atoms with Gasteiger partial charge in [-0.05, 0) is 33.3 Å². The average Bonchev–Trinajstić information content (AvgIpc) is 2.34. The summed E-state index contributed by atoms with van der Waals surface area (Å²) in [4.78, 5) is 14.4. The maximum absolute atomic E-state index is 12.6. The quantitative estimate of drug-likeness (QED) is 0.727. The predicted molar refractivity (Wildman–Crippen MR) is 91.1 cm³/mol. The molecular formula is C17H29NO2Si. The van der Waals surface area contributed by atoms with Crippen molar-refractivity contribution in [3.8, 4) is 0 Å². The van der Waals surface area contributed by atoms with Gasteiger partial charge in [-0.3, -0.25) is 0 Å². The molecule has 1 amide bonds. The second kappa shape index (κ2) is 7.12. The summed E-state index contributed by atoms with van der Waals surface area (Å²) in [6.07, 6.45) is -0.212. The van der Waals surface area contributed by atoms with Gasteiger partial charge >= 0.3 is 6.09 Å². The van der Waals surface area contributed by atoms with E-state index in [4.69, 9.17) is 4.74 Å². The van der Waals surface area contributed by atoms with E-state index < -0.39 is 8.07 Å². The summed E-state index contributed by atoms with van der Waals surface area (Å²) >= 11 is 0. The Bertz CT molecular complexity index is 444. The number of amides is 1. The summed E-state index contributed by atoms with van der Waals surface area (Å²) in [7, 11) is -1.68. The zero-order chi connectivity index (χ0) is 16.2. The molecule has 1 aromatic rings. The highest BCUT2D eigenvalue weighted by Gasteiger charge is 2.34. The van der Waals surface area contributed by atoms with Gasteiger partial charge < -0.3 is 9.64 Å². The fourth-order valence-electron chi connectivity index (χ4n) is 2.55. The lowest BCUT2D eigenvalue weighted by Gasteiger charge is -2.35. The number of hydrogen-bond acceptors (Lipinski definition) is 2. The van der Waals surface area contributed by atoms with Crippen molar-refractivity contribution in [2.75, 3.05) is 0 Å². The second-order valence-electron chi connectivity index (χ2n) is 7.14. The largest absolute Gasteiger partial charge is 0.445 e. The molecule has 0 N–H and O–H groups in total. The smallest absolute Gasteiger partial charge is 0.410 e. The minimum Gasteiger partial charge on any atom is -0.445 e. The molecule has 0 saturated heterocycles. The molecule has 4 heteroatoms. The minimum atomic E-state index is -1.68. The molecule has 0 heterocycles. The standard InChI is InChI=1S/C17H29NO2Si/c1-13(2)18(14(3)4)17(19)20-16(21(5,6)7)15-11-9-8-10-12-15/h8-14,16H,1-7H3. The van der Waals surface area contributed by atoms with Gasteiger partial charge in [0.15, 0.2) is 0 Å². The van der Waals surface area contributed by atoms with Gasteiger partial charge in [0.05, 0.1) is 8.07 Å². The average molecular weight is 308 g/mol. The Hall–Kier alpha value is -1.29. The number of nitrogens with zero attached hydrogens (tertiary/aromatic N) is 1. The third kappa shape index (κ3) is 4.88. The molecule has 0 aliphatic rings. The van der Waals surface area contributed by atoms with Gasteiger partial charge in [-0.25, -0.2) is 4.79 Å². The minimum absolute atomic E-state index is 0.119. The summed E-state index contributed by atoms with van der Waals surface area (Å²) in [5.74, 6) is 0. The molecule has 3 nitrogen and oxygen atoms in total. The van der Waals surface area contributed by atoms with E-state index in [-0.39, 0.29) is 23.9 Å². The van der Waals surface area contributed by atoms with Crippen molar-refractivity contribution >= 4 is 14.2 Å². The monoisotopic (exact) mass is 307 g/mol. The van der Waals surface area contributed by atoms with Gasteiger partial charge in [-0.1, -0.05) is 50.0 Å². The molecule has 1 rings (SSSR count). The number of ether oxygens (including phenoxy) is 1. The lowest BCUT2D eigenvalue weighted by Crippen LogP contribution is -2.45. The van der Waals surface area contributed by atoms with E-state index in [0.717, 1.165) is 5.56 Å². The van der Waals surface area contributed by atoms with E-state index >= 15 is 0 Å².